The summed E-state index contributed by atoms with van der Waals surface area (Å²) in [6, 6.07) is 9.50. The van der Waals surface area contributed by atoms with Crippen molar-refractivity contribution in [1.82, 2.24) is 14.3 Å². The van der Waals surface area contributed by atoms with E-state index in [0.717, 1.165) is 29.1 Å². The maximum absolute atomic E-state index is 12.8. The van der Waals surface area contributed by atoms with Gasteiger partial charge in [-0.25, -0.2) is 21.9 Å². The highest BCUT2D eigenvalue weighted by atomic mass is 32.2. The Hall–Kier alpha value is -2.87. The molecule has 0 bridgehead atoms. The number of nitrogens with one attached hydrogen (secondary N) is 1. The molecule has 3 heterocycles. The molecular formula is C22H22F2N4O3S. The van der Waals surface area contributed by atoms with E-state index in [1.54, 1.807) is 0 Å². The zero-order valence-corrected chi connectivity index (χ0v) is 18.2. The standard InChI is InChI=1S/C22H22F2N4O3S/c1-14-2-4-18-19(11-25)22(28(21(18)8-14)16-6-7-31-13-16)20-5-3-17(12-26-20)32(29,30)27-15(9-23)10-24/h2-5,8,12,15-16,27H,6-7,9-10,13H2,1H3. The van der Waals surface area contributed by atoms with Crippen LogP contribution in [-0.4, -0.2) is 50.6 Å². The number of rotatable bonds is 7. The second kappa shape index (κ2) is 8.94. The number of pyridine rings is 1. The molecule has 0 radical (unpaired) electrons. The van der Waals surface area contributed by atoms with Crippen LogP contribution in [0, 0.1) is 18.3 Å². The Morgan fingerprint density at radius 1 is 1.31 bits per heavy atom. The maximum Gasteiger partial charge on any atom is 0.242 e. The van der Waals surface area contributed by atoms with Gasteiger partial charge in [0.1, 0.15) is 24.3 Å². The Morgan fingerprint density at radius 2 is 2.09 bits per heavy atom. The Labute approximate surface area is 184 Å². The molecule has 2 aromatic heterocycles. The molecule has 1 aliphatic heterocycles. The van der Waals surface area contributed by atoms with Crippen LogP contribution < -0.4 is 4.72 Å². The number of sulfonamides is 1. The number of nitrogens with zero attached hydrogens (tertiary/aromatic N) is 3. The molecule has 1 unspecified atom stereocenters. The van der Waals surface area contributed by atoms with Crippen LogP contribution in [0.15, 0.2) is 41.4 Å². The first-order chi connectivity index (χ1) is 15.4. The zero-order valence-electron chi connectivity index (χ0n) is 17.4. The molecule has 0 amide bonds. The molecule has 0 spiro atoms. The minimum absolute atomic E-state index is 0.0122. The van der Waals surface area contributed by atoms with Gasteiger partial charge in [0, 0.05) is 18.2 Å². The van der Waals surface area contributed by atoms with Gasteiger partial charge in [0.2, 0.25) is 10.0 Å². The van der Waals surface area contributed by atoms with Crippen molar-refractivity contribution in [1.29, 1.82) is 5.26 Å². The first-order valence-corrected chi connectivity index (χ1v) is 11.6. The van der Waals surface area contributed by atoms with Crippen molar-refractivity contribution in [2.24, 2.45) is 0 Å². The molecule has 1 atom stereocenters. The summed E-state index contributed by atoms with van der Waals surface area (Å²) in [6.07, 6.45) is 1.91. The number of halogens is 2. The summed E-state index contributed by atoms with van der Waals surface area (Å²) in [7, 11) is -4.14. The Kier molecular flexibility index (Phi) is 6.24. The van der Waals surface area contributed by atoms with Gasteiger partial charge >= 0.3 is 0 Å². The van der Waals surface area contributed by atoms with E-state index in [2.05, 4.69) is 11.1 Å². The molecule has 7 nitrogen and oxygen atoms in total. The summed E-state index contributed by atoms with van der Waals surface area (Å²) >= 11 is 0. The molecule has 3 aromatic rings. The van der Waals surface area contributed by atoms with Crippen LogP contribution >= 0.6 is 0 Å². The lowest BCUT2D eigenvalue weighted by Gasteiger charge is -2.17. The van der Waals surface area contributed by atoms with E-state index in [4.69, 9.17) is 4.74 Å². The largest absolute Gasteiger partial charge is 0.379 e. The van der Waals surface area contributed by atoms with Gasteiger partial charge in [-0.2, -0.15) is 5.26 Å². The highest BCUT2D eigenvalue weighted by Crippen LogP contribution is 2.38. The smallest absolute Gasteiger partial charge is 0.242 e. The van der Waals surface area contributed by atoms with Gasteiger partial charge in [0.05, 0.1) is 41.2 Å². The number of hydrogen-bond acceptors (Lipinski definition) is 5. The van der Waals surface area contributed by atoms with Gasteiger partial charge in [0.25, 0.3) is 0 Å². The average Bonchev–Trinajstić information content (AvgIpc) is 3.42. The fourth-order valence-corrected chi connectivity index (χ4v) is 5.10. The first kappa shape index (κ1) is 22.3. The quantitative estimate of drug-likeness (QED) is 0.583. The van der Waals surface area contributed by atoms with E-state index in [-0.39, 0.29) is 10.9 Å². The van der Waals surface area contributed by atoms with Crippen molar-refractivity contribution in [3.8, 4) is 17.5 Å². The van der Waals surface area contributed by atoms with Crippen molar-refractivity contribution in [2.75, 3.05) is 26.6 Å². The van der Waals surface area contributed by atoms with Gasteiger partial charge < -0.3 is 9.30 Å². The molecule has 0 aliphatic carbocycles. The van der Waals surface area contributed by atoms with Gasteiger partial charge in [-0.15, -0.1) is 0 Å². The van der Waals surface area contributed by atoms with Crippen LogP contribution in [0.1, 0.15) is 23.6 Å². The fraction of sp³-hybridized carbons (Fsp3) is 0.364. The molecule has 10 heteroatoms. The molecule has 1 saturated heterocycles. The number of nitriles is 1. The number of aryl methyl sites for hydroxylation is 1. The molecule has 168 valence electrons. The van der Waals surface area contributed by atoms with Gasteiger partial charge in [-0.3, -0.25) is 4.98 Å². The van der Waals surface area contributed by atoms with Crippen molar-refractivity contribution in [3.05, 3.63) is 47.7 Å². The summed E-state index contributed by atoms with van der Waals surface area (Å²) < 4.78 is 60.0. The van der Waals surface area contributed by atoms with Crippen molar-refractivity contribution in [2.45, 2.75) is 30.3 Å². The normalized spacial score (nSPS) is 16.7. The lowest BCUT2D eigenvalue weighted by atomic mass is 10.1. The predicted molar refractivity (Wildman–Crippen MR) is 115 cm³/mol. The van der Waals surface area contributed by atoms with E-state index < -0.39 is 29.4 Å². The second-order valence-electron chi connectivity index (χ2n) is 7.75. The predicted octanol–water partition coefficient (Wildman–Crippen LogP) is 3.43. The topological polar surface area (TPSA) is 97.0 Å². The number of ether oxygens (including phenoxy) is 1. The SMILES string of the molecule is Cc1ccc2c(C#N)c(-c3ccc(S(=O)(=O)NC(CF)CF)cn3)n(C3CCOC3)c2c1. The zero-order chi connectivity index (χ0) is 22.9. The minimum atomic E-state index is -4.14. The summed E-state index contributed by atoms with van der Waals surface area (Å²) in [6.45, 7) is 0.768. The summed E-state index contributed by atoms with van der Waals surface area (Å²) in [5.74, 6) is 0. The molecule has 4 rings (SSSR count). The number of fused-ring (bicyclic) bond motifs is 1. The summed E-state index contributed by atoms with van der Waals surface area (Å²) in [5, 5.41) is 10.7. The molecule has 0 saturated carbocycles. The van der Waals surface area contributed by atoms with E-state index in [1.807, 2.05) is 34.4 Å². The molecule has 1 fully saturated rings. The van der Waals surface area contributed by atoms with Crippen molar-refractivity contribution >= 4 is 20.9 Å². The average molecular weight is 461 g/mol. The molecule has 1 aromatic carbocycles. The van der Waals surface area contributed by atoms with Crippen LogP contribution in [0.4, 0.5) is 8.78 Å². The Morgan fingerprint density at radius 3 is 2.69 bits per heavy atom. The maximum atomic E-state index is 12.8. The first-order valence-electron chi connectivity index (χ1n) is 10.1. The van der Waals surface area contributed by atoms with Crippen LogP contribution in [-0.2, 0) is 14.8 Å². The number of hydrogen-bond donors (Lipinski definition) is 1. The van der Waals surface area contributed by atoms with Crippen LogP contribution in [0.25, 0.3) is 22.3 Å². The second-order valence-corrected chi connectivity index (χ2v) is 9.46. The van der Waals surface area contributed by atoms with E-state index in [0.29, 0.717) is 30.2 Å². The van der Waals surface area contributed by atoms with Crippen LogP contribution in [0.2, 0.25) is 0 Å². The van der Waals surface area contributed by atoms with E-state index >= 15 is 0 Å². The minimum Gasteiger partial charge on any atom is -0.379 e. The highest BCUT2D eigenvalue weighted by molar-refractivity contribution is 7.89. The molecule has 1 aliphatic rings. The van der Waals surface area contributed by atoms with Crippen LogP contribution in [0.5, 0.6) is 0 Å². The monoisotopic (exact) mass is 460 g/mol. The third-order valence-corrected chi connectivity index (χ3v) is 7.03. The Balaban J connectivity index is 1.83. The number of aromatic nitrogens is 2. The van der Waals surface area contributed by atoms with E-state index in [1.165, 1.54) is 12.1 Å². The fourth-order valence-electron chi connectivity index (χ4n) is 3.96. The molecule has 1 N–H and O–H groups in total. The number of benzene rings is 1. The lowest BCUT2D eigenvalue weighted by Crippen LogP contribution is -2.37. The van der Waals surface area contributed by atoms with Crippen LogP contribution in [0.3, 0.4) is 0 Å². The summed E-state index contributed by atoms with van der Waals surface area (Å²) in [5.41, 5.74) is 3.39. The summed E-state index contributed by atoms with van der Waals surface area (Å²) in [4.78, 5) is 4.10. The van der Waals surface area contributed by atoms with E-state index in [9.17, 15) is 22.5 Å². The highest BCUT2D eigenvalue weighted by Gasteiger charge is 2.28. The number of alkyl halides is 2. The van der Waals surface area contributed by atoms with Crippen molar-refractivity contribution < 1.29 is 21.9 Å². The molecular weight excluding hydrogens is 438 g/mol. The van der Waals surface area contributed by atoms with Gasteiger partial charge in [-0.05, 0) is 37.1 Å². The van der Waals surface area contributed by atoms with Crippen molar-refractivity contribution in [3.63, 3.8) is 0 Å². The third kappa shape index (κ3) is 3.99. The Bertz CT molecular complexity index is 1270. The van der Waals surface area contributed by atoms with Gasteiger partial charge in [0.15, 0.2) is 0 Å². The van der Waals surface area contributed by atoms with Gasteiger partial charge in [-0.1, -0.05) is 12.1 Å². The lowest BCUT2D eigenvalue weighted by molar-refractivity contribution is 0.187. The third-order valence-electron chi connectivity index (χ3n) is 5.53. The molecule has 32 heavy (non-hydrogen) atoms.